The average molecular weight is 263 g/mol. The molecule has 1 atom stereocenters. The van der Waals surface area contributed by atoms with E-state index in [4.69, 9.17) is 16.9 Å². The summed E-state index contributed by atoms with van der Waals surface area (Å²) in [6, 6.07) is 7.97. The van der Waals surface area contributed by atoms with Gasteiger partial charge in [0.15, 0.2) is 5.92 Å². The SMILES string of the molecule is N#CC(CNCc1ccc(Cl)cc1)C(F)(F)F. The Morgan fingerprint density at radius 1 is 1.29 bits per heavy atom. The van der Waals surface area contributed by atoms with Crippen molar-refractivity contribution in [3.05, 3.63) is 34.9 Å². The van der Waals surface area contributed by atoms with Crippen LogP contribution in [0.2, 0.25) is 5.02 Å². The van der Waals surface area contributed by atoms with Gasteiger partial charge in [-0.15, -0.1) is 0 Å². The van der Waals surface area contributed by atoms with Gasteiger partial charge in [-0.1, -0.05) is 23.7 Å². The maximum Gasteiger partial charge on any atom is 0.405 e. The van der Waals surface area contributed by atoms with Crippen molar-refractivity contribution in [2.75, 3.05) is 6.54 Å². The Labute approximate surface area is 102 Å². The minimum absolute atomic E-state index is 0.269. The molecule has 6 heteroatoms. The van der Waals surface area contributed by atoms with Crippen LogP contribution >= 0.6 is 11.6 Å². The number of nitriles is 1. The van der Waals surface area contributed by atoms with Crippen molar-refractivity contribution < 1.29 is 13.2 Å². The molecule has 0 fully saturated rings. The first-order chi connectivity index (χ1) is 7.93. The molecule has 92 valence electrons. The predicted molar refractivity (Wildman–Crippen MR) is 58.3 cm³/mol. The molecule has 0 bridgehead atoms. The molecule has 0 aliphatic rings. The Hall–Kier alpha value is -1.25. The van der Waals surface area contributed by atoms with E-state index in [0.29, 0.717) is 5.02 Å². The van der Waals surface area contributed by atoms with Gasteiger partial charge in [-0.2, -0.15) is 18.4 Å². The Balaban J connectivity index is 2.42. The van der Waals surface area contributed by atoms with Crippen LogP contribution < -0.4 is 5.32 Å². The zero-order valence-electron chi connectivity index (χ0n) is 8.76. The van der Waals surface area contributed by atoms with Crippen molar-refractivity contribution in [3.63, 3.8) is 0 Å². The largest absolute Gasteiger partial charge is 0.405 e. The fourth-order valence-corrected chi connectivity index (χ4v) is 1.32. The molecule has 1 aromatic rings. The van der Waals surface area contributed by atoms with Crippen LogP contribution in [0, 0.1) is 17.2 Å². The van der Waals surface area contributed by atoms with Gasteiger partial charge in [-0.05, 0) is 17.7 Å². The van der Waals surface area contributed by atoms with Gasteiger partial charge in [0.2, 0.25) is 0 Å². The zero-order chi connectivity index (χ0) is 12.9. The van der Waals surface area contributed by atoms with E-state index in [1.165, 1.54) is 6.07 Å². The molecule has 1 aromatic carbocycles. The molecule has 0 radical (unpaired) electrons. The molecular formula is C11H10ClF3N2. The Morgan fingerprint density at radius 2 is 1.88 bits per heavy atom. The first kappa shape index (κ1) is 13.8. The third-order valence-corrected chi connectivity index (χ3v) is 2.39. The third-order valence-electron chi connectivity index (χ3n) is 2.14. The molecular weight excluding hydrogens is 253 g/mol. The van der Waals surface area contributed by atoms with E-state index >= 15 is 0 Å². The molecule has 0 spiro atoms. The number of benzene rings is 1. The van der Waals surface area contributed by atoms with Crippen LogP contribution in [0.5, 0.6) is 0 Å². The lowest BCUT2D eigenvalue weighted by Crippen LogP contribution is -2.32. The van der Waals surface area contributed by atoms with Gasteiger partial charge in [0.05, 0.1) is 6.07 Å². The third kappa shape index (κ3) is 4.63. The summed E-state index contributed by atoms with van der Waals surface area (Å²) in [5.41, 5.74) is 0.813. The molecule has 0 amide bonds. The molecule has 0 saturated heterocycles. The molecule has 1 rings (SSSR count). The number of alkyl halides is 3. The van der Waals surface area contributed by atoms with Gasteiger partial charge in [0.25, 0.3) is 0 Å². The molecule has 0 aliphatic heterocycles. The first-order valence-electron chi connectivity index (χ1n) is 4.85. The monoisotopic (exact) mass is 262 g/mol. The summed E-state index contributed by atoms with van der Waals surface area (Å²) < 4.78 is 36.7. The second-order valence-corrected chi connectivity index (χ2v) is 3.92. The van der Waals surface area contributed by atoms with Crippen molar-refractivity contribution >= 4 is 11.6 Å². The molecule has 0 aromatic heterocycles. The van der Waals surface area contributed by atoms with Crippen LogP contribution in [0.15, 0.2) is 24.3 Å². The van der Waals surface area contributed by atoms with Crippen molar-refractivity contribution in [3.8, 4) is 6.07 Å². The predicted octanol–water partition coefficient (Wildman–Crippen LogP) is 3.13. The first-order valence-corrected chi connectivity index (χ1v) is 5.23. The minimum atomic E-state index is -4.48. The van der Waals surface area contributed by atoms with Crippen LogP contribution in [0.1, 0.15) is 5.56 Å². The second kappa shape index (κ2) is 5.89. The van der Waals surface area contributed by atoms with E-state index in [1.54, 1.807) is 24.3 Å². The van der Waals surface area contributed by atoms with E-state index in [1.807, 2.05) is 0 Å². The van der Waals surface area contributed by atoms with E-state index in [-0.39, 0.29) is 6.54 Å². The lowest BCUT2D eigenvalue weighted by Gasteiger charge is -2.13. The van der Waals surface area contributed by atoms with E-state index in [2.05, 4.69) is 5.32 Å². The maximum atomic E-state index is 12.2. The number of hydrogen-bond acceptors (Lipinski definition) is 2. The van der Waals surface area contributed by atoms with Crippen LogP contribution in [-0.4, -0.2) is 12.7 Å². The van der Waals surface area contributed by atoms with E-state index in [9.17, 15) is 13.2 Å². The minimum Gasteiger partial charge on any atom is -0.311 e. The van der Waals surface area contributed by atoms with Crippen molar-refractivity contribution in [2.24, 2.45) is 5.92 Å². The standard InChI is InChI=1S/C11H10ClF3N2/c12-10-3-1-8(2-4-10)6-17-7-9(5-16)11(13,14)15/h1-4,9,17H,6-7H2. The smallest absolute Gasteiger partial charge is 0.311 e. The van der Waals surface area contributed by atoms with Crippen molar-refractivity contribution in [2.45, 2.75) is 12.7 Å². The van der Waals surface area contributed by atoms with Gasteiger partial charge in [0.1, 0.15) is 0 Å². The molecule has 17 heavy (non-hydrogen) atoms. The summed E-state index contributed by atoms with van der Waals surface area (Å²) in [5.74, 6) is -1.98. The molecule has 2 nitrogen and oxygen atoms in total. The topological polar surface area (TPSA) is 35.8 Å². The number of rotatable bonds is 4. The molecule has 0 aliphatic carbocycles. The highest BCUT2D eigenvalue weighted by atomic mass is 35.5. The maximum absolute atomic E-state index is 12.2. The van der Waals surface area contributed by atoms with Crippen LogP contribution in [0.3, 0.4) is 0 Å². The highest BCUT2D eigenvalue weighted by Gasteiger charge is 2.39. The van der Waals surface area contributed by atoms with Gasteiger partial charge in [-0.25, -0.2) is 0 Å². The number of nitrogens with zero attached hydrogens (tertiary/aromatic N) is 1. The quantitative estimate of drug-likeness (QED) is 0.905. The summed E-state index contributed by atoms with van der Waals surface area (Å²) >= 11 is 5.67. The van der Waals surface area contributed by atoms with Gasteiger partial charge >= 0.3 is 6.18 Å². The fraction of sp³-hybridized carbons (Fsp3) is 0.364. The summed E-state index contributed by atoms with van der Waals surface area (Å²) in [5, 5.41) is 11.5. The number of nitrogens with one attached hydrogen (secondary N) is 1. The second-order valence-electron chi connectivity index (χ2n) is 3.48. The summed E-state index contributed by atoms with van der Waals surface area (Å²) in [6.45, 7) is -0.145. The molecule has 1 unspecified atom stereocenters. The lowest BCUT2D eigenvalue weighted by molar-refractivity contribution is -0.157. The summed E-state index contributed by atoms with van der Waals surface area (Å²) in [7, 11) is 0. The van der Waals surface area contributed by atoms with Crippen molar-refractivity contribution in [1.82, 2.24) is 5.32 Å². The van der Waals surface area contributed by atoms with E-state index < -0.39 is 18.6 Å². The molecule has 1 N–H and O–H groups in total. The Kier molecular flexibility index (Phi) is 4.79. The van der Waals surface area contributed by atoms with Crippen molar-refractivity contribution in [1.29, 1.82) is 5.26 Å². The fourth-order valence-electron chi connectivity index (χ4n) is 1.20. The van der Waals surface area contributed by atoms with E-state index in [0.717, 1.165) is 5.56 Å². The summed E-state index contributed by atoms with van der Waals surface area (Å²) in [4.78, 5) is 0. The summed E-state index contributed by atoms with van der Waals surface area (Å²) in [6.07, 6.45) is -4.48. The zero-order valence-corrected chi connectivity index (χ0v) is 9.52. The van der Waals surface area contributed by atoms with Gasteiger partial charge in [0, 0.05) is 18.1 Å². The normalized spacial score (nSPS) is 13.1. The van der Waals surface area contributed by atoms with Crippen LogP contribution in [0.25, 0.3) is 0 Å². The van der Waals surface area contributed by atoms with Crippen LogP contribution in [-0.2, 0) is 6.54 Å². The average Bonchev–Trinajstić information content (AvgIpc) is 2.25. The molecule has 0 heterocycles. The van der Waals surface area contributed by atoms with Crippen LogP contribution in [0.4, 0.5) is 13.2 Å². The Bertz CT molecular complexity index is 395. The highest BCUT2D eigenvalue weighted by molar-refractivity contribution is 6.30. The number of halogens is 4. The van der Waals surface area contributed by atoms with Gasteiger partial charge < -0.3 is 5.32 Å². The highest BCUT2D eigenvalue weighted by Crippen LogP contribution is 2.24. The Morgan fingerprint density at radius 3 is 2.35 bits per heavy atom. The van der Waals surface area contributed by atoms with Gasteiger partial charge in [-0.3, -0.25) is 0 Å². The lowest BCUT2D eigenvalue weighted by atomic mass is 10.1. The molecule has 0 saturated carbocycles. The number of hydrogen-bond donors (Lipinski definition) is 1.